The molecule has 3 rings (SSSR count). The van der Waals surface area contributed by atoms with Crippen LogP contribution in [0.4, 0.5) is 25.8 Å². The van der Waals surface area contributed by atoms with Crippen LogP contribution in [0.5, 0.6) is 0 Å². The van der Waals surface area contributed by atoms with Crippen LogP contribution in [0.25, 0.3) is 0 Å². The van der Waals surface area contributed by atoms with Crippen molar-refractivity contribution in [3.05, 3.63) is 83.2 Å². The number of hydrogen-bond acceptors (Lipinski definition) is 3. The largest absolute Gasteiger partial charge is 0.351 e. The van der Waals surface area contributed by atoms with Crippen molar-refractivity contribution in [3.8, 4) is 0 Å². The van der Waals surface area contributed by atoms with E-state index >= 15 is 0 Å². The molecule has 0 saturated heterocycles. The normalized spacial score (nSPS) is 10.5. The van der Waals surface area contributed by atoms with Gasteiger partial charge in [-0.1, -0.05) is 18.2 Å². The second-order valence-corrected chi connectivity index (χ2v) is 5.92. The van der Waals surface area contributed by atoms with E-state index < -0.39 is 17.5 Å². The molecule has 6 heteroatoms. The lowest BCUT2D eigenvalue weighted by molar-refractivity contribution is 0.102. The number of rotatable bonds is 4. The average Bonchev–Trinajstić information content (AvgIpc) is 2.62. The Hall–Kier alpha value is -3.28. The third kappa shape index (κ3) is 3.85. The Morgan fingerprint density at radius 3 is 2.46 bits per heavy atom. The van der Waals surface area contributed by atoms with Gasteiger partial charge in [-0.05, 0) is 55.3 Å². The summed E-state index contributed by atoms with van der Waals surface area (Å²) >= 11 is 0. The van der Waals surface area contributed by atoms with E-state index in [0.29, 0.717) is 11.4 Å². The van der Waals surface area contributed by atoms with Crippen LogP contribution in [0.1, 0.15) is 21.6 Å². The summed E-state index contributed by atoms with van der Waals surface area (Å²) in [5, 5.41) is 5.45. The predicted molar refractivity (Wildman–Crippen MR) is 97.7 cm³/mol. The Balaban J connectivity index is 1.83. The minimum absolute atomic E-state index is 0.132. The lowest BCUT2D eigenvalue weighted by atomic mass is 10.1. The molecule has 2 aromatic carbocycles. The summed E-state index contributed by atoms with van der Waals surface area (Å²) in [6.07, 6.45) is 1.40. The van der Waals surface area contributed by atoms with Gasteiger partial charge in [0.25, 0.3) is 5.91 Å². The number of para-hydroxylation sites is 1. The molecule has 0 unspecified atom stereocenters. The molecule has 0 atom stereocenters. The van der Waals surface area contributed by atoms with Gasteiger partial charge in [-0.2, -0.15) is 0 Å². The van der Waals surface area contributed by atoms with E-state index in [4.69, 9.17) is 0 Å². The highest BCUT2D eigenvalue weighted by atomic mass is 19.1. The first kappa shape index (κ1) is 17.5. The van der Waals surface area contributed by atoms with Crippen molar-refractivity contribution in [2.75, 3.05) is 10.6 Å². The summed E-state index contributed by atoms with van der Waals surface area (Å²) in [5.41, 5.74) is 2.84. The van der Waals surface area contributed by atoms with Crippen molar-refractivity contribution in [2.24, 2.45) is 0 Å². The molecule has 132 valence electrons. The minimum Gasteiger partial charge on any atom is -0.351 e. The molecule has 0 aliphatic heterocycles. The highest BCUT2D eigenvalue weighted by Gasteiger charge is 2.12. The van der Waals surface area contributed by atoms with E-state index in [1.165, 1.54) is 24.4 Å². The van der Waals surface area contributed by atoms with Crippen LogP contribution < -0.4 is 10.6 Å². The number of pyridine rings is 1. The number of amides is 1. The van der Waals surface area contributed by atoms with E-state index in [0.717, 1.165) is 23.3 Å². The smallest absolute Gasteiger partial charge is 0.274 e. The summed E-state index contributed by atoms with van der Waals surface area (Å²) < 4.78 is 27.5. The third-order valence-corrected chi connectivity index (χ3v) is 3.87. The molecule has 1 amide bonds. The zero-order chi connectivity index (χ0) is 18.7. The van der Waals surface area contributed by atoms with Crippen LogP contribution >= 0.6 is 0 Å². The van der Waals surface area contributed by atoms with Crippen LogP contribution in [0.15, 0.2) is 54.7 Å². The van der Waals surface area contributed by atoms with E-state index in [9.17, 15) is 13.6 Å². The van der Waals surface area contributed by atoms with Crippen molar-refractivity contribution in [2.45, 2.75) is 13.8 Å². The fourth-order valence-electron chi connectivity index (χ4n) is 2.45. The molecule has 0 fully saturated rings. The molecule has 1 heterocycles. The lowest BCUT2D eigenvalue weighted by Crippen LogP contribution is -2.14. The van der Waals surface area contributed by atoms with E-state index in [1.54, 1.807) is 0 Å². The van der Waals surface area contributed by atoms with Crippen molar-refractivity contribution < 1.29 is 13.6 Å². The predicted octanol–water partition coefficient (Wildman–Crippen LogP) is 4.97. The second kappa shape index (κ2) is 7.31. The van der Waals surface area contributed by atoms with Crippen LogP contribution in [0.3, 0.4) is 0 Å². The first-order valence-electron chi connectivity index (χ1n) is 8.00. The van der Waals surface area contributed by atoms with Gasteiger partial charge >= 0.3 is 0 Å². The van der Waals surface area contributed by atoms with Crippen LogP contribution in [0.2, 0.25) is 0 Å². The lowest BCUT2D eigenvalue weighted by Gasteiger charge is -2.11. The Morgan fingerprint density at radius 2 is 1.73 bits per heavy atom. The number of carbonyl (C=O) groups is 1. The standard InChI is InChI=1S/C20H17F2N3O/c1-12-6-7-13(2)17(10-12)25-20(26)18-11-14(8-9-23-18)24-19-15(21)4-3-5-16(19)22/h3-11H,1-2H3,(H,23,24)(H,25,26). The number of benzene rings is 2. The molecular weight excluding hydrogens is 336 g/mol. The Kier molecular flexibility index (Phi) is 4.93. The maximum absolute atomic E-state index is 13.8. The number of aromatic nitrogens is 1. The van der Waals surface area contributed by atoms with Gasteiger partial charge in [0.15, 0.2) is 0 Å². The van der Waals surface area contributed by atoms with E-state index in [2.05, 4.69) is 15.6 Å². The number of anilines is 3. The van der Waals surface area contributed by atoms with Crippen LogP contribution in [-0.4, -0.2) is 10.9 Å². The van der Waals surface area contributed by atoms with Gasteiger partial charge in [-0.15, -0.1) is 0 Å². The molecule has 0 aliphatic rings. The summed E-state index contributed by atoms with van der Waals surface area (Å²) in [5.74, 6) is -1.84. The first-order chi connectivity index (χ1) is 12.4. The molecule has 4 nitrogen and oxygen atoms in total. The molecule has 1 aromatic heterocycles. The molecule has 0 aliphatic carbocycles. The molecule has 2 N–H and O–H groups in total. The monoisotopic (exact) mass is 353 g/mol. The van der Waals surface area contributed by atoms with Crippen molar-refractivity contribution >= 4 is 23.0 Å². The minimum atomic E-state index is -0.719. The van der Waals surface area contributed by atoms with Crippen molar-refractivity contribution in [1.82, 2.24) is 4.98 Å². The van der Waals surface area contributed by atoms with Gasteiger partial charge in [-0.25, -0.2) is 8.78 Å². The Bertz CT molecular complexity index is 953. The van der Waals surface area contributed by atoms with Gasteiger partial charge in [0, 0.05) is 17.6 Å². The van der Waals surface area contributed by atoms with Gasteiger partial charge in [0.2, 0.25) is 0 Å². The van der Waals surface area contributed by atoms with Gasteiger partial charge in [0.1, 0.15) is 23.0 Å². The maximum Gasteiger partial charge on any atom is 0.274 e. The zero-order valence-electron chi connectivity index (χ0n) is 14.3. The number of aryl methyl sites for hydroxylation is 2. The quantitative estimate of drug-likeness (QED) is 0.696. The highest BCUT2D eigenvalue weighted by molar-refractivity contribution is 6.03. The average molecular weight is 353 g/mol. The van der Waals surface area contributed by atoms with Crippen LogP contribution in [-0.2, 0) is 0 Å². The molecule has 0 spiro atoms. The summed E-state index contributed by atoms with van der Waals surface area (Å²) in [6, 6.07) is 12.3. The molecule has 0 bridgehead atoms. The number of nitrogens with zero attached hydrogens (tertiary/aromatic N) is 1. The zero-order valence-corrected chi connectivity index (χ0v) is 14.3. The van der Waals surface area contributed by atoms with E-state index in [1.807, 2.05) is 32.0 Å². The number of halogens is 2. The molecule has 3 aromatic rings. The molecule has 0 radical (unpaired) electrons. The van der Waals surface area contributed by atoms with Crippen LogP contribution in [0, 0.1) is 25.5 Å². The van der Waals surface area contributed by atoms with Crippen molar-refractivity contribution in [1.29, 1.82) is 0 Å². The summed E-state index contributed by atoms with van der Waals surface area (Å²) in [6.45, 7) is 3.82. The second-order valence-electron chi connectivity index (χ2n) is 5.92. The Morgan fingerprint density at radius 1 is 1.00 bits per heavy atom. The summed E-state index contributed by atoms with van der Waals surface area (Å²) in [7, 11) is 0. The molecular formula is C20H17F2N3O. The third-order valence-electron chi connectivity index (χ3n) is 3.87. The van der Waals surface area contributed by atoms with Gasteiger partial charge in [-0.3, -0.25) is 9.78 Å². The maximum atomic E-state index is 13.8. The fourth-order valence-corrected chi connectivity index (χ4v) is 2.45. The van der Waals surface area contributed by atoms with E-state index in [-0.39, 0.29) is 11.4 Å². The number of hydrogen-bond donors (Lipinski definition) is 2. The number of carbonyl (C=O) groups excluding carboxylic acids is 1. The molecule has 26 heavy (non-hydrogen) atoms. The van der Waals surface area contributed by atoms with Gasteiger partial charge in [0.05, 0.1) is 0 Å². The Labute approximate surface area is 149 Å². The van der Waals surface area contributed by atoms with Gasteiger partial charge < -0.3 is 10.6 Å². The van der Waals surface area contributed by atoms with Crippen molar-refractivity contribution in [3.63, 3.8) is 0 Å². The first-order valence-corrected chi connectivity index (χ1v) is 8.00. The fraction of sp³-hybridized carbons (Fsp3) is 0.100. The topological polar surface area (TPSA) is 54.0 Å². The number of nitrogens with one attached hydrogen (secondary N) is 2. The SMILES string of the molecule is Cc1ccc(C)c(NC(=O)c2cc(Nc3c(F)cccc3F)ccn2)c1. The summed E-state index contributed by atoms with van der Waals surface area (Å²) in [4.78, 5) is 16.5. The highest BCUT2D eigenvalue weighted by Crippen LogP contribution is 2.23. The molecule has 0 saturated carbocycles.